The van der Waals surface area contributed by atoms with Gasteiger partial charge in [0.25, 0.3) is 0 Å². The van der Waals surface area contributed by atoms with Crippen molar-refractivity contribution in [2.75, 3.05) is 6.61 Å². The Morgan fingerprint density at radius 3 is 3.21 bits per heavy atom. The second-order valence-corrected chi connectivity index (χ2v) is 2.73. The Kier molecular flexibility index (Phi) is 3.91. The lowest BCUT2D eigenvalue weighted by Gasteiger charge is -1.94. The van der Waals surface area contributed by atoms with E-state index in [1.165, 1.54) is 0 Å². The first kappa shape index (κ1) is 10.5. The highest BCUT2D eigenvalue weighted by atomic mass is 16.6. The van der Waals surface area contributed by atoms with Crippen LogP contribution in [0.4, 0.5) is 0 Å². The second-order valence-electron chi connectivity index (χ2n) is 2.73. The van der Waals surface area contributed by atoms with Crippen LogP contribution in [-0.2, 0) is 11.2 Å². The predicted molar refractivity (Wildman–Crippen MR) is 51.0 cm³/mol. The van der Waals surface area contributed by atoms with Crippen molar-refractivity contribution in [3.63, 3.8) is 0 Å². The highest BCUT2D eigenvalue weighted by molar-refractivity contribution is 5.86. The molecule has 76 valence electrons. The van der Waals surface area contributed by atoms with Gasteiger partial charge in [0.05, 0.1) is 12.3 Å². The van der Waals surface area contributed by atoms with E-state index in [0.717, 1.165) is 18.5 Å². The summed E-state index contributed by atoms with van der Waals surface area (Å²) in [6.07, 6.45) is 3.33. The van der Waals surface area contributed by atoms with Crippen LogP contribution in [0.3, 0.4) is 0 Å². The van der Waals surface area contributed by atoms with Crippen molar-refractivity contribution in [1.82, 2.24) is 5.16 Å². The molecule has 14 heavy (non-hydrogen) atoms. The molecule has 0 spiro atoms. The summed E-state index contributed by atoms with van der Waals surface area (Å²) in [4.78, 5) is 11.2. The van der Waals surface area contributed by atoms with Gasteiger partial charge in [0.1, 0.15) is 0 Å². The zero-order valence-corrected chi connectivity index (χ0v) is 8.16. The monoisotopic (exact) mass is 195 g/mol. The Hall–Kier alpha value is -1.58. The molecule has 0 saturated heterocycles. The van der Waals surface area contributed by atoms with Gasteiger partial charge in [-0.2, -0.15) is 0 Å². The van der Waals surface area contributed by atoms with E-state index in [-0.39, 0.29) is 5.76 Å². The van der Waals surface area contributed by atoms with Gasteiger partial charge >= 0.3 is 5.97 Å². The molecule has 0 N–H and O–H groups in total. The van der Waals surface area contributed by atoms with Gasteiger partial charge in [-0.1, -0.05) is 11.2 Å². The van der Waals surface area contributed by atoms with Crippen LogP contribution in [-0.4, -0.2) is 17.7 Å². The van der Waals surface area contributed by atoms with Crippen molar-refractivity contribution in [2.45, 2.75) is 19.8 Å². The van der Waals surface area contributed by atoms with Crippen LogP contribution in [0.2, 0.25) is 0 Å². The van der Waals surface area contributed by atoms with Gasteiger partial charge in [-0.05, 0) is 19.8 Å². The third-order valence-electron chi connectivity index (χ3n) is 1.64. The van der Waals surface area contributed by atoms with Crippen molar-refractivity contribution >= 4 is 5.97 Å². The van der Waals surface area contributed by atoms with Gasteiger partial charge in [-0.3, -0.25) is 0 Å². The van der Waals surface area contributed by atoms with Crippen LogP contribution in [0.15, 0.2) is 23.2 Å². The van der Waals surface area contributed by atoms with E-state index in [9.17, 15) is 4.79 Å². The number of hydrogen-bond donors (Lipinski definition) is 0. The number of rotatable bonds is 5. The van der Waals surface area contributed by atoms with Crippen molar-refractivity contribution < 1.29 is 14.1 Å². The lowest BCUT2D eigenvalue weighted by atomic mass is 10.2. The molecule has 0 bridgehead atoms. The third kappa shape index (κ3) is 2.73. The summed E-state index contributed by atoms with van der Waals surface area (Å²) in [5, 5.41) is 3.73. The SMILES string of the molecule is C=CCCc1cc(C(=O)OCC)on1. The van der Waals surface area contributed by atoms with E-state index in [1.807, 2.05) is 0 Å². The van der Waals surface area contributed by atoms with E-state index >= 15 is 0 Å². The Labute approximate surface area is 82.5 Å². The van der Waals surface area contributed by atoms with Gasteiger partial charge in [0, 0.05) is 6.07 Å². The maximum absolute atomic E-state index is 11.2. The van der Waals surface area contributed by atoms with Crippen LogP contribution >= 0.6 is 0 Å². The Morgan fingerprint density at radius 1 is 1.79 bits per heavy atom. The van der Waals surface area contributed by atoms with Crippen LogP contribution in [0.5, 0.6) is 0 Å². The minimum absolute atomic E-state index is 0.158. The largest absolute Gasteiger partial charge is 0.460 e. The molecule has 0 radical (unpaired) electrons. The first-order valence-electron chi connectivity index (χ1n) is 4.51. The summed E-state index contributed by atoms with van der Waals surface area (Å²) in [7, 11) is 0. The minimum Gasteiger partial charge on any atom is -0.460 e. The van der Waals surface area contributed by atoms with Gasteiger partial charge in [0.2, 0.25) is 5.76 Å². The fourth-order valence-electron chi connectivity index (χ4n) is 0.978. The number of aryl methyl sites for hydroxylation is 1. The summed E-state index contributed by atoms with van der Waals surface area (Å²) in [5.74, 6) is -0.309. The van der Waals surface area contributed by atoms with Crippen LogP contribution < -0.4 is 0 Å². The molecule has 0 aliphatic rings. The summed E-state index contributed by atoms with van der Waals surface area (Å²) < 4.78 is 9.57. The predicted octanol–water partition coefficient (Wildman–Crippen LogP) is 1.97. The average Bonchev–Trinajstić information content (AvgIpc) is 2.63. The summed E-state index contributed by atoms with van der Waals surface area (Å²) >= 11 is 0. The molecule has 4 heteroatoms. The molecular formula is C10H13NO3. The summed E-state index contributed by atoms with van der Waals surface area (Å²) in [5.41, 5.74) is 0.743. The average molecular weight is 195 g/mol. The number of ether oxygens (including phenoxy) is 1. The first-order chi connectivity index (χ1) is 6.77. The summed E-state index contributed by atoms with van der Waals surface area (Å²) in [6, 6.07) is 1.60. The minimum atomic E-state index is -0.468. The Bertz CT molecular complexity index is 317. The van der Waals surface area contributed by atoms with E-state index < -0.39 is 5.97 Å². The van der Waals surface area contributed by atoms with E-state index in [2.05, 4.69) is 11.7 Å². The second kappa shape index (κ2) is 5.21. The molecule has 1 rings (SSSR count). The molecule has 0 aliphatic heterocycles. The molecule has 0 aliphatic carbocycles. The zero-order valence-electron chi connectivity index (χ0n) is 8.16. The van der Waals surface area contributed by atoms with E-state index in [4.69, 9.17) is 9.26 Å². The molecule has 0 amide bonds. The smallest absolute Gasteiger partial charge is 0.377 e. The maximum Gasteiger partial charge on any atom is 0.377 e. The molecule has 0 atom stereocenters. The first-order valence-corrected chi connectivity index (χ1v) is 4.51. The molecule has 0 saturated carbocycles. The summed E-state index contributed by atoms with van der Waals surface area (Å²) in [6.45, 7) is 5.67. The number of carbonyl (C=O) groups is 1. The number of aromatic nitrogens is 1. The Morgan fingerprint density at radius 2 is 2.57 bits per heavy atom. The molecule has 1 heterocycles. The molecule has 0 unspecified atom stereocenters. The normalized spacial score (nSPS) is 9.79. The van der Waals surface area contributed by atoms with Gasteiger partial charge in [-0.25, -0.2) is 4.79 Å². The quantitative estimate of drug-likeness (QED) is 0.532. The molecule has 4 nitrogen and oxygen atoms in total. The van der Waals surface area contributed by atoms with Crippen molar-refractivity contribution in [3.8, 4) is 0 Å². The zero-order chi connectivity index (χ0) is 10.4. The lowest BCUT2D eigenvalue weighted by Crippen LogP contribution is -2.02. The lowest BCUT2D eigenvalue weighted by molar-refractivity contribution is 0.0479. The number of esters is 1. The third-order valence-corrected chi connectivity index (χ3v) is 1.64. The van der Waals surface area contributed by atoms with E-state index in [0.29, 0.717) is 6.61 Å². The molecule has 1 aromatic heterocycles. The maximum atomic E-state index is 11.2. The number of hydrogen-bond acceptors (Lipinski definition) is 4. The van der Waals surface area contributed by atoms with Gasteiger partial charge in [-0.15, -0.1) is 6.58 Å². The molecular weight excluding hydrogens is 182 g/mol. The standard InChI is InChI=1S/C10H13NO3/c1-3-5-6-8-7-9(14-11-8)10(12)13-4-2/h3,7H,1,4-6H2,2H3. The number of carbonyl (C=O) groups excluding carboxylic acids is 1. The molecule has 0 aromatic carbocycles. The van der Waals surface area contributed by atoms with Crippen LogP contribution in [0.25, 0.3) is 0 Å². The number of allylic oxidation sites excluding steroid dienone is 1. The van der Waals surface area contributed by atoms with Gasteiger partial charge < -0.3 is 9.26 Å². The van der Waals surface area contributed by atoms with Crippen LogP contribution in [0.1, 0.15) is 29.6 Å². The molecule has 1 aromatic rings. The highest BCUT2D eigenvalue weighted by Crippen LogP contribution is 2.07. The number of nitrogens with zero attached hydrogens (tertiary/aromatic N) is 1. The van der Waals surface area contributed by atoms with Crippen molar-refractivity contribution in [1.29, 1.82) is 0 Å². The Balaban J connectivity index is 2.58. The van der Waals surface area contributed by atoms with Gasteiger partial charge in [0.15, 0.2) is 0 Å². The highest BCUT2D eigenvalue weighted by Gasteiger charge is 2.12. The topological polar surface area (TPSA) is 52.3 Å². The van der Waals surface area contributed by atoms with E-state index in [1.54, 1.807) is 19.1 Å². The van der Waals surface area contributed by atoms with Crippen LogP contribution in [0, 0.1) is 0 Å². The fourth-order valence-corrected chi connectivity index (χ4v) is 0.978. The fraction of sp³-hybridized carbons (Fsp3) is 0.400. The molecule has 0 fully saturated rings. The van der Waals surface area contributed by atoms with Crippen molar-refractivity contribution in [2.24, 2.45) is 0 Å². The van der Waals surface area contributed by atoms with Crippen molar-refractivity contribution in [3.05, 3.63) is 30.2 Å².